The van der Waals surface area contributed by atoms with E-state index in [9.17, 15) is 29.4 Å². The van der Waals surface area contributed by atoms with Gasteiger partial charge in [-0.05, 0) is 36.7 Å². The van der Waals surface area contributed by atoms with Crippen LogP contribution in [-0.2, 0) is 49.3 Å². The van der Waals surface area contributed by atoms with Crippen molar-refractivity contribution in [2.75, 3.05) is 0 Å². The number of aliphatic hydroxyl groups excluding tert-OH is 1. The molecule has 2 aliphatic carbocycles. The van der Waals surface area contributed by atoms with E-state index in [2.05, 4.69) is 0 Å². The van der Waals surface area contributed by atoms with Gasteiger partial charge in [-0.2, -0.15) is 0 Å². The van der Waals surface area contributed by atoms with Crippen molar-refractivity contribution < 1.29 is 53.1 Å². The molecule has 1 aromatic rings. The predicted octanol–water partition coefficient (Wildman–Crippen LogP) is 0.814. The molecule has 214 valence electrons. The molecule has 7 rings (SSSR count). The maximum atomic E-state index is 13.8. The molecule has 11 atom stereocenters. The Balaban J connectivity index is 1.38. The van der Waals surface area contributed by atoms with Crippen LogP contribution in [0.1, 0.15) is 46.1 Å². The molecular weight excluding hydrogens is 524 g/mol. The highest BCUT2D eigenvalue weighted by molar-refractivity contribution is 5.94. The van der Waals surface area contributed by atoms with Crippen molar-refractivity contribution in [1.82, 2.24) is 0 Å². The summed E-state index contributed by atoms with van der Waals surface area (Å²) in [6.07, 6.45) is -6.71. The van der Waals surface area contributed by atoms with Gasteiger partial charge in [-0.1, -0.05) is 51.1 Å². The number of carbonyl (C=O) groups is 4. The molecule has 4 heterocycles. The minimum absolute atomic E-state index is 0.0314. The molecule has 0 bridgehead atoms. The number of carbonyl (C=O) groups excluding carboxylic acids is 4. The van der Waals surface area contributed by atoms with Crippen molar-refractivity contribution in [1.29, 1.82) is 0 Å². The Morgan fingerprint density at radius 1 is 1.07 bits per heavy atom. The standard InChI is InChI=1S/C29H32O11/c1-13-21(32)38-19-18(31)27-16-12-15(25(2,3)4)26(27)20(37-17(30)11-10-14-8-6-5-7-9-14)22(33)39-24(26)40-29(27,23(34)36-16)28(13,19)35/h5-9,13,15-16,18-20,24,31,35H,10-12H2,1-4H3/t13-,15?,16?,18+,19?,20+,24?,26?,27?,28-,29?/m1/s1. The number of esters is 4. The van der Waals surface area contributed by atoms with Crippen LogP contribution in [0.4, 0.5) is 0 Å². The molecule has 4 saturated heterocycles. The summed E-state index contributed by atoms with van der Waals surface area (Å²) < 4.78 is 29.4. The van der Waals surface area contributed by atoms with Crippen molar-refractivity contribution >= 4 is 23.9 Å². The zero-order chi connectivity index (χ0) is 28.6. The van der Waals surface area contributed by atoms with E-state index in [-0.39, 0.29) is 12.8 Å². The minimum atomic E-state index is -2.31. The average Bonchev–Trinajstić information content (AvgIpc) is 3.61. The monoisotopic (exact) mass is 556 g/mol. The van der Waals surface area contributed by atoms with Crippen LogP contribution in [0, 0.1) is 28.1 Å². The lowest BCUT2D eigenvalue weighted by Gasteiger charge is -2.48. The first-order chi connectivity index (χ1) is 18.8. The zero-order valence-corrected chi connectivity index (χ0v) is 22.6. The lowest BCUT2D eigenvalue weighted by molar-refractivity contribution is -0.240. The van der Waals surface area contributed by atoms with E-state index in [4.69, 9.17) is 23.7 Å². The van der Waals surface area contributed by atoms with Crippen molar-refractivity contribution in [2.24, 2.45) is 28.1 Å². The van der Waals surface area contributed by atoms with E-state index in [1.807, 2.05) is 51.1 Å². The summed E-state index contributed by atoms with van der Waals surface area (Å²) in [5, 5.41) is 24.3. The van der Waals surface area contributed by atoms with Gasteiger partial charge in [0, 0.05) is 6.42 Å². The topological polar surface area (TPSA) is 155 Å². The van der Waals surface area contributed by atoms with Gasteiger partial charge in [0.2, 0.25) is 18.0 Å². The number of hydrogen-bond acceptors (Lipinski definition) is 11. The van der Waals surface area contributed by atoms with Gasteiger partial charge in [0.15, 0.2) is 11.7 Å². The van der Waals surface area contributed by atoms with Crippen molar-refractivity contribution in [2.45, 2.75) is 88.9 Å². The quantitative estimate of drug-likeness (QED) is 0.400. The van der Waals surface area contributed by atoms with Gasteiger partial charge in [-0.3, -0.25) is 9.59 Å². The van der Waals surface area contributed by atoms with Gasteiger partial charge < -0.3 is 33.9 Å². The predicted molar refractivity (Wildman–Crippen MR) is 131 cm³/mol. The van der Waals surface area contributed by atoms with Crippen molar-refractivity contribution in [3.63, 3.8) is 0 Å². The highest BCUT2D eigenvalue weighted by atomic mass is 16.8. The molecule has 6 aliphatic rings. The summed E-state index contributed by atoms with van der Waals surface area (Å²) in [7, 11) is 0. The third-order valence-corrected chi connectivity index (χ3v) is 10.7. The lowest BCUT2D eigenvalue weighted by Crippen LogP contribution is -2.67. The first-order valence-corrected chi connectivity index (χ1v) is 13.7. The van der Waals surface area contributed by atoms with Crippen LogP contribution < -0.4 is 0 Å². The molecule has 0 amide bonds. The summed E-state index contributed by atoms with van der Waals surface area (Å²) in [6, 6.07) is 9.32. The van der Waals surface area contributed by atoms with E-state index >= 15 is 0 Å². The fourth-order valence-electron chi connectivity index (χ4n) is 9.32. The summed E-state index contributed by atoms with van der Waals surface area (Å²) in [4.78, 5) is 53.3. The summed E-state index contributed by atoms with van der Waals surface area (Å²) >= 11 is 0. The smallest absolute Gasteiger partial charge is 0.350 e. The van der Waals surface area contributed by atoms with Gasteiger partial charge in [-0.25, -0.2) is 9.59 Å². The molecule has 0 radical (unpaired) electrons. The fraction of sp³-hybridized carbons (Fsp3) is 0.655. The largest absolute Gasteiger partial charge is 0.459 e. The molecule has 2 saturated carbocycles. The molecule has 11 nitrogen and oxygen atoms in total. The molecule has 2 spiro atoms. The van der Waals surface area contributed by atoms with E-state index in [1.54, 1.807) is 0 Å². The van der Waals surface area contributed by atoms with E-state index in [0.717, 1.165) is 5.56 Å². The molecule has 2 N–H and O–H groups in total. The van der Waals surface area contributed by atoms with Crippen LogP contribution in [-0.4, -0.2) is 76.0 Å². The molecular formula is C29H32O11. The van der Waals surface area contributed by atoms with Gasteiger partial charge in [0.1, 0.15) is 12.2 Å². The molecule has 0 aromatic heterocycles. The second-order valence-electron chi connectivity index (χ2n) is 13.1. The Hall–Kier alpha value is -3.02. The first-order valence-electron chi connectivity index (χ1n) is 13.7. The van der Waals surface area contributed by atoms with E-state index in [0.29, 0.717) is 6.42 Å². The number of aliphatic hydroxyl groups is 2. The number of benzene rings is 1. The van der Waals surface area contributed by atoms with Gasteiger partial charge in [0.25, 0.3) is 0 Å². The highest BCUT2D eigenvalue weighted by Gasteiger charge is 3.04. The van der Waals surface area contributed by atoms with Gasteiger partial charge in [-0.15, -0.1) is 0 Å². The number of rotatable bonds is 4. The van der Waals surface area contributed by atoms with Crippen LogP contribution in [0.25, 0.3) is 0 Å². The Labute approximate surface area is 230 Å². The van der Waals surface area contributed by atoms with Crippen LogP contribution in [0.3, 0.4) is 0 Å². The zero-order valence-electron chi connectivity index (χ0n) is 22.6. The SMILES string of the molecule is C[C@@H]1C(=O)OC2[C@H](O)C34C5CC(C(C)(C)C)C36C(OC(=O)[C@@H]6OC(=O)CCc3ccccc3)OC4(C(=O)O5)[C@]21O. The normalized spacial score (nSPS) is 47.8. The van der Waals surface area contributed by atoms with Crippen molar-refractivity contribution in [3.05, 3.63) is 35.9 Å². The molecule has 4 aliphatic heterocycles. The first kappa shape index (κ1) is 25.9. The number of hydrogen-bond donors (Lipinski definition) is 2. The second-order valence-corrected chi connectivity index (χ2v) is 13.1. The van der Waals surface area contributed by atoms with Gasteiger partial charge >= 0.3 is 23.9 Å². The Kier molecular flexibility index (Phi) is 4.94. The minimum Gasteiger partial charge on any atom is -0.459 e. The van der Waals surface area contributed by atoms with E-state index in [1.165, 1.54) is 6.92 Å². The number of ether oxygens (including phenoxy) is 5. The highest BCUT2D eigenvalue weighted by Crippen LogP contribution is 2.84. The molecule has 1 aromatic carbocycles. The van der Waals surface area contributed by atoms with E-state index < -0.39 is 93.9 Å². The molecule has 6 fully saturated rings. The third kappa shape index (κ3) is 2.47. The maximum Gasteiger partial charge on any atom is 0.350 e. The summed E-state index contributed by atoms with van der Waals surface area (Å²) in [6.45, 7) is 7.19. The number of aryl methyl sites for hydroxylation is 1. The Morgan fingerprint density at radius 3 is 2.45 bits per heavy atom. The van der Waals surface area contributed by atoms with Crippen LogP contribution in [0.5, 0.6) is 0 Å². The van der Waals surface area contributed by atoms with Crippen LogP contribution >= 0.6 is 0 Å². The van der Waals surface area contributed by atoms with Crippen molar-refractivity contribution in [3.8, 4) is 0 Å². The second kappa shape index (κ2) is 7.63. The molecule has 7 unspecified atom stereocenters. The number of fused-ring (bicyclic) bond motifs is 1. The maximum absolute atomic E-state index is 13.8. The van der Waals surface area contributed by atoms with Crippen LogP contribution in [0.15, 0.2) is 30.3 Å². The Morgan fingerprint density at radius 2 is 1.77 bits per heavy atom. The lowest BCUT2D eigenvalue weighted by atomic mass is 9.51. The molecule has 11 heteroatoms. The third-order valence-electron chi connectivity index (χ3n) is 10.7. The average molecular weight is 557 g/mol. The summed E-state index contributed by atoms with van der Waals surface area (Å²) in [5.41, 5.74) is -7.70. The molecule has 40 heavy (non-hydrogen) atoms. The summed E-state index contributed by atoms with van der Waals surface area (Å²) in [5.74, 6) is -5.08. The Bertz CT molecular complexity index is 1340. The fourth-order valence-corrected chi connectivity index (χ4v) is 9.32. The van der Waals surface area contributed by atoms with Gasteiger partial charge in [0.05, 0.1) is 16.7 Å². The van der Waals surface area contributed by atoms with Crippen LogP contribution in [0.2, 0.25) is 0 Å².